The van der Waals surface area contributed by atoms with Gasteiger partial charge >= 0.3 is 0 Å². The smallest absolute Gasteiger partial charge is 0.269 e. The van der Waals surface area contributed by atoms with E-state index in [0.29, 0.717) is 17.2 Å². The normalized spacial score (nSPS) is 17.2. The van der Waals surface area contributed by atoms with E-state index < -0.39 is 6.10 Å². The van der Waals surface area contributed by atoms with E-state index in [0.717, 1.165) is 36.2 Å². The van der Waals surface area contributed by atoms with Gasteiger partial charge in [0.15, 0.2) is 11.5 Å². The number of benzene rings is 2. The molecule has 3 aromatic rings. The van der Waals surface area contributed by atoms with Crippen molar-refractivity contribution in [3.63, 3.8) is 0 Å². The topological polar surface area (TPSA) is 88.6 Å². The number of hydrogen-bond acceptors (Lipinski definition) is 7. The van der Waals surface area contributed by atoms with Crippen molar-refractivity contribution in [3.8, 4) is 11.5 Å². The van der Waals surface area contributed by atoms with E-state index in [-0.39, 0.29) is 12.5 Å². The van der Waals surface area contributed by atoms with Crippen LogP contribution in [0.1, 0.15) is 18.7 Å². The van der Waals surface area contributed by atoms with Crippen LogP contribution in [-0.2, 0) is 4.79 Å². The SMILES string of the molecule is Cc1nc(Nc2ccc(NC(=O)C3COc4ccccc4O3)cc2)cc(N2CCCC2)n1. The lowest BCUT2D eigenvalue weighted by molar-refractivity contribution is -0.125. The lowest BCUT2D eigenvalue weighted by atomic mass is 10.2. The Balaban J connectivity index is 1.22. The fourth-order valence-corrected chi connectivity index (χ4v) is 3.88. The van der Waals surface area contributed by atoms with Crippen molar-refractivity contribution < 1.29 is 14.3 Å². The van der Waals surface area contributed by atoms with E-state index in [4.69, 9.17) is 9.47 Å². The third-order valence-electron chi connectivity index (χ3n) is 5.48. The van der Waals surface area contributed by atoms with Crippen molar-refractivity contribution in [1.82, 2.24) is 9.97 Å². The minimum absolute atomic E-state index is 0.175. The minimum Gasteiger partial charge on any atom is -0.485 e. The summed E-state index contributed by atoms with van der Waals surface area (Å²) in [5.74, 6) is 3.42. The number of nitrogens with zero attached hydrogens (tertiary/aromatic N) is 3. The third-order valence-corrected chi connectivity index (χ3v) is 5.48. The van der Waals surface area contributed by atoms with Crippen LogP contribution in [0.2, 0.25) is 0 Å². The van der Waals surface area contributed by atoms with E-state index in [9.17, 15) is 4.79 Å². The molecule has 1 atom stereocenters. The van der Waals surface area contributed by atoms with Gasteiger partial charge in [-0.15, -0.1) is 0 Å². The van der Waals surface area contributed by atoms with Gasteiger partial charge in [-0.1, -0.05) is 12.1 Å². The van der Waals surface area contributed by atoms with Gasteiger partial charge in [-0.05, 0) is 56.2 Å². The first-order valence-corrected chi connectivity index (χ1v) is 10.8. The highest BCUT2D eigenvalue weighted by atomic mass is 16.6. The van der Waals surface area contributed by atoms with Crippen LogP contribution >= 0.6 is 0 Å². The molecule has 1 unspecified atom stereocenters. The number of ether oxygens (including phenoxy) is 2. The second-order valence-corrected chi connectivity index (χ2v) is 7.91. The first-order chi connectivity index (χ1) is 15.6. The molecule has 0 spiro atoms. The quantitative estimate of drug-likeness (QED) is 0.633. The number of amides is 1. The molecule has 3 heterocycles. The Hall–Kier alpha value is -3.81. The maximum atomic E-state index is 12.6. The van der Waals surface area contributed by atoms with Crippen molar-refractivity contribution in [2.75, 3.05) is 35.2 Å². The van der Waals surface area contributed by atoms with Crippen LogP contribution in [0.4, 0.5) is 23.0 Å². The summed E-state index contributed by atoms with van der Waals surface area (Å²) in [5, 5.41) is 6.21. The summed E-state index contributed by atoms with van der Waals surface area (Å²) in [6, 6.07) is 16.8. The first kappa shape index (κ1) is 20.1. The van der Waals surface area contributed by atoms with Gasteiger partial charge in [0, 0.05) is 30.5 Å². The third kappa shape index (κ3) is 4.44. The summed E-state index contributed by atoms with van der Waals surface area (Å²) < 4.78 is 11.4. The number of aromatic nitrogens is 2. The first-order valence-electron chi connectivity index (χ1n) is 10.8. The Morgan fingerprint density at radius 1 is 1.00 bits per heavy atom. The molecule has 0 bridgehead atoms. The predicted molar refractivity (Wildman–Crippen MR) is 123 cm³/mol. The molecule has 8 heteroatoms. The van der Waals surface area contributed by atoms with Crippen LogP contribution in [0.25, 0.3) is 0 Å². The molecule has 1 fully saturated rings. The number of para-hydroxylation sites is 2. The largest absolute Gasteiger partial charge is 0.485 e. The van der Waals surface area contributed by atoms with E-state index in [1.54, 1.807) is 6.07 Å². The highest BCUT2D eigenvalue weighted by Crippen LogP contribution is 2.31. The second kappa shape index (κ2) is 8.74. The molecule has 2 aliphatic heterocycles. The molecule has 5 rings (SSSR count). The molecule has 1 amide bonds. The maximum Gasteiger partial charge on any atom is 0.269 e. The monoisotopic (exact) mass is 431 g/mol. The zero-order valence-electron chi connectivity index (χ0n) is 17.9. The van der Waals surface area contributed by atoms with Crippen LogP contribution in [0, 0.1) is 6.92 Å². The van der Waals surface area contributed by atoms with Crippen LogP contribution in [0.15, 0.2) is 54.6 Å². The Labute approximate surface area is 186 Å². The number of nitrogens with one attached hydrogen (secondary N) is 2. The van der Waals surface area contributed by atoms with Gasteiger partial charge < -0.3 is 25.0 Å². The molecule has 164 valence electrons. The minimum atomic E-state index is -0.698. The van der Waals surface area contributed by atoms with Gasteiger partial charge in [-0.2, -0.15) is 0 Å². The molecule has 1 aromatic heterocycles. The number of fused-ring (bicyclic) bond motifs is 1. The number of hydrogen-bond donors (Lipinski definition) is 2. The predicted octanol–water partition coefficient (Wildman–Crippen LogP) is 3.91. The average Bonchev–Trinajstić information content (AvgIpc) is 3.35. The van der Waals surface area contributed by atoms with Crippen LogP contribution in [-0.4, -0.2) is 41.7 Å². The van der Waals surface area contributed by atoms with E-state index in [1.165, 1.54) is 12.8 Å². The van der Waals surface area contributed by atoms with Crippen molar-refractivity contribution in [2.24, 2.45) is 0 Å². The lowest BCUT2D eigenvalue weighted by Gasteiger charge is -2.25. The van der Waals surface area contributed by atoms with E-state index in [1.807, 2.05) is 55.5 Å². The summed E-state index contributed by atoms with van der Waals surface area (Å²) in [5.41, 5.74) is 1.55. The molecular weight excluding hydrogens is 406 g/mol. The maximum absolute atomic E-state index is 12.6. The molecule has 32 heavy (non-hydrogen) atoms. The van der Waals surface area contributed by atoms with E-state index >= 15 is 0 Å². The number of anilines is 4. The van der Waals surface area contributed by atoms with Gasteiger partial charge in [0.05, 0.1) is 0 Å². The van der Waals surface area contributed by atoms with Gasteiger partial charge in [0.1, 0.15) is 24.1 Å². The van der Waals surface area contributed by atoms with Crippen LogP contribution in [0.3, 0.4) is 0 Å². The number of carbonyl (C=O) groups is 1. The number of rotatable bonds is 5. The zero-order chi connectivity index (χ0) is 21.9. The molecule has 2 aromatic carbocycles. The molecule has 2 aliphatic rings. The fourth-order valence-electron chi connectivity index (χ4n) is 3.88. The standard InChI is InChI=1S/C24H25N5O3/c1-16-25-22(14-23(26-16)29-12-4-5-13-29)27-17-8-10-18(11-9-17)28-24(30)21-15-31-19-6-2-3-7-20(19)32-21/h2-3,6-11,14,21H,4-5,12-13,15H2,1H3,(H,28,30)(H,25,26,27). The Kier molecular flexibility index (Phi) is 5.49. The zero-order valence-corrected chi connectivity index (χ0v) is 17.9. The number of aryl methyl sites for hydroxylation is 1. The Morgan fingerprint density at radius 3 is 2.50 bits per heavy atom. The molecule has 1 saturated heterocycles. The summed E-state index contributed by atoms with van der Waals surface area (Å²) in [6.45, 7) is 4.14. The van der Waals surface area contributed by atoms with Crippen molar-refractivity contribution in [3.05, 3.63) is 60.4 Å². The molecule has 8 nitrogen and oxygen atoms in total. The summed E-state index contributed by atoms with van der Waals surface area (Å²) in [4.78, 5) is 24.0. The Morgan fingerprint density at radius 2 is 1.72 bits per heavy atom. The lowest BCUT2D eigenvalue weighted by Crippen LogP contribution is -2.40. The summed E-state index contributed by atoms with van der Waals surface area (Å²) in [6.07, 6.45) is 1.70. The summed E-state index contributed by atoms with van der Waals surface area (Å²) in [7, 11) is 0. The van der Waals surface area contributed by atoms with E-state index in [2.05, 4.69) is 25.5 Å². The van der Waals surface area contributed by atoms with Gasteiger partial charge in [0.2, 0.25) is 6.10 Å². The molecular formula is C24H25N5O3. The Bertz CT molecular complexity index is 1110. The van der Waals surface area contributed by atoms with Gasteiger partial charge in [-0.3, -0.25) is 4.79 Å². The highest BCUT2D eigenvalue weighted by molar-refractivity contribution is 5.95. The van der Waals surface area contributed by atoms with Crippen molar-refractivity contribution in [1.29, 1.82) is 0 Å². The molecule has 0 saturated carbocycles. The van der Waals surface area contributed by atoms with Crippen LogP contribution < -0.4 is 25.0 Å². The fraction of sp³-hybridized carbons (Fsp3) is 0.292. The van der Waals surface area contributed by atoms with Gasteiger partial charge in [0.25, 0.3) is 5.91 Å². The van der Waals surface area contributed by atoms with Crippen LogP contribution in [0.5, 0.6) is 11.5 Å². The van der Waals surface area contributed by atoms with Crippen molar-refractivity contribution in [2.45, 2.75) is 25.9 Å². The molecule has 0 aliphatic carbocycles. The average molecular weight is 431 g/mol. The number of carbonyl (C=O) groups excluding carboxylic acids is 1. The molecule has 0 radical (unpaired) electrons. The van der Waals surface area contributed by atoms with Gasteiger partial charge in [-0.25, -0.2) is 9.97 Å². The summed E-state index contributed by atoms with van der Waals surface area (Å²) >= 11 is 0. The molecule has 2 N–H and O–H groups in total. The second-order valence-electron chi connectivity index (χ2n) is 7.91. The van der Waals surface area contributed by atoms with Crippen molar-refractivity contribution >= 4 is 28.9 Å². The highest BCUT2D eigenvalue weighted by Gasteiger charge is 2.27.